The maximum Gasteiger partial charge on any atom is 0.135 e. The van der Waals surface area contributed by atoms with E-state index in [4.69, 9.17) is 9.72 Å². The van der Waals surface area contributed by atoms with Crippen LogP contribution in [0.5, 0.6) is 0 Å². The molecule has 1 atom stereocenters. The molecule has 3 aromatic rings. The van der Waals surface area contributed by atoms with Crippen molar-refractivity contribution in [3.63, 3.8) is 0 Å². The Morgan fingerprint density at radius 3 is 2.77 bits per heavy atom. The predicted octanol–water partition coefficient (Wildman–Crippen LogP) is 3.25. The Balaban J connectivity index is 1.36. The van der Waals surface area contributed by atoms with Gasteiger partial charge in [0.2, 0.25) is 0 Å². The average Bonchev–Trinajstić information content (AvgIpc) is 3.06. The molecule has 0 bridgehead atoms. The number of nitrogens with one attached hydrogen (secondary N) is 1. The molecule has 1 aliphatic heterocycles. The van der Waals surface area contributed by atoms with Crippen LogP contribution in [0.15, 0.2) is 48.7 Å². The Morgan fingerprint density at radius 1 is 1.12 bits per heavy atom. The number of rotatable bonds is 5. The van der Waals surface area contributed by atoms with Crippen molar-refractivity contribution in [2.24, 2.45) is 0 Å². The van der Waals surface area contributed by atoms with Gasteiger partial charge in [0.15, 0.2) is 0 Å². The van der Waals surface area contributed by atoms with Crippen LogP contribution >= 0.6 is 0 Å². The number of benzene rings is 1. The number of pyridine rings is 1. The highest BCUT2D eigenvalue weighted by Gasteiger charge is 2.21. The van der Waals surface area contributed by atoms with Crippen LogP contribution in [-0.2, 0) is 24.4 Å². The Bertz CT molecular complexity index is 885. The zero-order valence-corrected chi connectivity index (χ0v) is 15.3. The summed E-state index contributed by atoms with van der Waals surface area (Å²) in [4.78, 5) is 9.25. The number of hydrogen-bond donors (Lipinski definition) is 1. The minimum Gasteiger partial charge on any atom is -0.367 e. The van der Waals surface area contributed by atoms with Gasteiger partial charge in [0.25, 0.3) is 0 Å². The van der Waals surface area contributed by atoms with E-state index in [0.717, 1.165) is 48.1 Å². The maximum absolute atomic E-state index is 5.97. The third-order valence-corrected chi connectivity index (χ3v) is 4.68. The number of aryl methyl sites for hydroxylation is 2. The Hall–Kier alpha value is -2.50. The van der Waals surface area contributed by atoms with E-state index in [9.17, 15) is 0 Å². The summed E-state index contributed by atoms with van der Waals surface area (Å²) in [6.07, 6.45) is 2.28. The lowest BCUT2D eigenvalue weighted by molar-refractivity contribution is 0.00274. The molecule has 0 saturated heterocycles. The summed E-state index contributed by atoms with van der Waals surface area (Å²) in [5, 5.41) is 3.45. The molecule has 134 valence electrons. The molecule has 2 aromatic heterocycles. The molecule has 0 saturated carbocycles. The molecular weight excluding hydrogens is 324 g/mol. The zero-order valence-electron chi connectivity index (χ0n) is 15.3. The fourth-order valence-corrected chi connectivity index (χ4v) is 3.24. The van der Waals surface area contributed by atoms with Gasteiger partial charge in [-0.05, 0) is 26.0 Å². The van der Waals surface area contributed by atoms with Gasteiger partial charge in [-0.1, -0.05) is 35.9 Å². The van der Waals surface area contributed by atoms with Gasteiger partial charge in [0, 0.05) is 30.5 Å². The largest absolute Gasteiger partial charge is 0.367 e. The lowest BCUT2D eigenvalue weighted by atomic mass is 10.1. The second kappa shape index (κ2) is 7.40. The van der Waals surface area contributed by atoms with Gasteiger partial charge in [-0.25, -0.2) is 4.98 Å². The van der Waals surface area contributed by atoms with E-state index in [1.165, 1.54) is 5.56 Å². The molecule has 4 rings (SSSR count). The van der Waals surface area contributed by atoms with Gasteiger partial charge >= 0.3 is 0 Å². The molecule has 1 aromatic carbocycles. The van der Waals surface area contributed by atoms with Crippen LogP contribution in [0.1, 0.15) is 22.8 Å². The van der Waals surface area contributed by atoms with Crippen molar-refractivity contribution in [2.75, 3.05) is 6.54 Å². The summed E-state index contributed by atoms with van der Waals surface area (Å²) in [7, 11) is 0. The first-order valence-corrected chi connectivity index (χ1v) is 9.05. The monoisotopic (exact) mass is 348 g/mol. The second-order valence-electron chi connectivity index (χ2n) is 6.89. The smallest absolute Gasteiger partial charge is 0.135 e. The van der Waals surface area contributed by atoms with E-state index >= 15 is 0 Å². The number of nitrogens with zero attached hydrogens (tertiary/aromatic N) is 3. The lowest BCUT2D eigenvalue weighted by Crippen LogP contribution is -2.36. The van der Waals surface area contributed by atoms with Crippen LogP contribution in [0.25, 0.3) is 11.3 Å². The van der Waals surface area contributed by atoms with Crippen molar-refractivity contribution in [3.8, 4) is 11.3 Å². The molecule has 0 aliphatic carbocycles. The Kier molecular flexibility index (Phi) is 4.82. The van der Waals surface area contributed by atoms with Gasteiger partial charge in [-0.15, -0.1) is 0 Å². The zero-order chi connectivity index (χ0) is 17.9. The van der Waals surface area contributed by atoms with Gasteiger partial charge < -0.3 is 14.6 Å². The highest BCUT2D eigenvalue weighted by molar-refractivity contribution is 5.59. The van der Waals surface area contributed by atoms with Crippen LogP contribution < -0.4 is 5.32 Å². The van der Waals surface area contributed by atoms with Gasteiger partial charge in [-0.3, -0.25) is 4.98 Å². The van der Waals surface area contributed by atoms with E-state index < -0.39 is 0 Å². The second-order valence-corrected chi connectivity index (χ2v) is 6.89. The van der Waals surface area contributed by atoms with Crippen LogP contribution in [0.4, 0.5) is 0 Å². The summed E-state index contributed by atoms with van der Waals surface area (Å²) >= 11 is 0. The van der Waals surface area contributed by atoms with E-state index in [1.807, 2.05) is 25.1 Å². The number of ether oxygens (including phenoxy) is 1. The first-order chi connectivity index (χ1) is 12.7. The Labute approximate surface area is 154 Å². The van der Waals surface area contributed by atoms with Gasteiger partial charge in [-0.2, -0.15) is 0 Å². The molecule has 5 heteroatoms. The van der Waals surface area contributed by atoms with E-state index in [-0.39, 0.29) is 6.10 Å². The van der Waals surface area contributed by atoms with Crippen molar-refractivity contribution in [1.29, 1.82) is 0 Å². The van der Waals surface area contributed by atoms with Crippen LogP contribution in [0.2, 0.25) is 0 Å². The third kappa shape index (κ3) is 3.84. The van der Waals surface area contributed by atoms with Crippen molar-refractivity contribution in [2.45, 2.75) is 39.6 Å². The van der Waals surface area contributed by atoms with Gasteiger partial charge in [0.1, 0.15) is 12.4 Å². The van der Waals surface area contributed by atoms with E-state index in [2.05, 4.69) is 52.3 Å². The SMILES string of the molecule is Cc1ccc(-c2cn3c(n2)CO[C@@H](CNCc2cccc(C)n2)C3)cc1. The summed E-state index contributed by atoms with van der Waals surface area (Å²) in [5.41, 5.74) is 5.53. The number of aromatic nitrogens is 3. The third-order valence-electron chi connectivity index (χ3n) is 4.68. The van der Waals surface area contributed by atoms with E-state index in [0.29, 0.717) is 6.61 Å². The van der Waals surface area contributed by atoms with E-state index in [1.54, 1.807) is 0 Å². The average molecular weight is 348 g/mol. The fourth-order valence-electron chi connectivity index (χ4n) is 3.24. The first-order valence-electron chi connectivity index (χ1n) is 9.05. The molecule has 0 unspecified atom stereocenters. The summed E-state index contributed by atoms with van der Waals surface area (Å²) < 4.78 is 8.19. The normalized spacial score (nSPS) is 16.5. The first kappa shape index (κ1) is 16.9. The van der Waals surface area contributed by atoms with Gasteiger partial charge in [0.05, 0.1) is 24.0 Å². The quantitative estimate of drug-likeness (QED) is 0.769. The van der Waals surface area contributed by atoms with Crippen molar-refractivity contribution < 1.29 is 4.74 Å². The minimum atomic E-state index is 0.146. The summed E-state index contributed by atoms with van der Waals surface area (Å²) in [5.74, 6) is 0.997. The molecule has 0 amide bonds. The predicted molar refractivity (Wildman–Crippen MR) is 102 cm³/mol. The van der Waals surface area contributed by atoms with Crippen molar-refractivity contribution in [1.82, 2.24) is 19.9 Å². The van der Waals surface area contributed by atoms with Crippen molar-refractivity contribution >= 4 is 0 Å². The number of hydrogen-bond acceptors (Lipinski definition) is 4. The molecule has 5 nitrogen and oxygen atoms in total. The molecule has 26 heavy (non-hydrogen) atoms. The molecule has 0 fully saturated rings. The molecule has 0 radical (unpaired) electrons. The topological polar surface area (TPSA) is 52.0 Å². The summed E-state index contributed by atoms with van der Waals surface area (Å²) in [6.45, 7) is 7.04. The number of imidazole rings is 1. The minimum absolute atomic E-state index is 0.146. The fraction of sp³-hybridized carbons (Fsp3) is 0.333. The molecule has 1 N–H and O–H groups in total. The van der Waals surface area contributed by atoms with Crippen LogP contribution in [-0.4, -0.2) is 27.2 Å². The standard InChI is InChI=1S/C21H24N4O/c1-15-6-8-17(9-7-15)20-13-25-12-19(26-14-21(25)24-20)11-22-10-18-5-3-4-16(2)23-18/h3-9,13,19,22H,10-12,14H2,1-2H3/t19-/m0/s1. The molecule has 3 heterocycles. The molecule has 1 aliphatic rings. The molecule has 0 spiro atoms. The maximum atomic E-state index is 5.97. The highest BCUT2D eigenvalue weighted by atomic mass is 16.5. The summed E-state index contributed by atoms with van der Waals surface area (Å²) in [6, 6.07) is 14.6. The Morgan fingerprint density at radius 2 is 1.96 bits per heavy atom. The van der Waals surface area contributed by atoms with Crippen molar-refractivity contribution in [3.05, 3.63) is 71.4 Å². The lowest BCUT2D eigenvalue weighted by Gasteiger charge is -2.24. The highest BCUT2D eigenvalue weighted by Crippen LogP contribution is 2.22. The van der Waals surface area contributed by atoms with Crippen LogP contribution in [0.3, 0.4) is 0 Å². The van der Waals surface area contributed by atoms with Crippen LogP contribution in [0, 0.1) is 13.8 Å². The number of fused-ring (bicyclic) bond motifs is 1. The molecular formula is C21H24N4O.